The van der Waals surface area contributed by atoms with Gasteiger partial charge in [0.2, 0.25) is 0 Å². The number of aromatic nitrogens is 2. The number of pyridine rings is 1. The molecule has 0 aliphatic heterocycles. The summed E-state index contributed by atoms with van der Waals surface area (Å²) < 4.78 is 0. The Morgan fingerprint density at radius 3 is 2.81 bits per heavy atom. The molecule has 0 aromatic carbocycles. The van der Waals surface area contributed by atoms with Gasteiger partial charge in [0.05, 0.1) is 5.01 Å². The predicted molar refractivity (Wildman–Crippen MR) is 64.9 cm³/mol. The second kappa shape index (κ2) is 5.69. The van der Waals surface area contributed by atoms with E-state index >= 15 is 0 Å². The molecule has 0 bridgehead atoms. The van der Waals surface area contributed by atoms with Crippen LogP contribution in [0.4, 0.5) is 0 Å². The van der Waals surface area contributed by atoms with Crippen molar-refractivity contribution in [3.05, 3.63) is 46.7 Å². The highest BCUT2D eigenvalue weighted by molar-refractivity contribution is 7.09. The summed E-state index contributed by atoms with van der Waals surface area (Å²) in [6.07, 6.45) is 5.27. The number of hydrogen-bond acceptors (Lipinski definition) is 5. The fraction of sp³-hybridized carbons (Fsp3) is 0.273. The first-order valence-electron chi connectivity index (χ1n) is 5.13. The fourth-order valence-electron chi connectivity index (χ4n) is 1.53. The molecular formula is C11H14N4S. The van der Waals surface area contributed by atoms with E-state index in [1.54, 1.807) is 17.5 Å². The van der Waals surface area contributed by atoms with Crippen LogP contribution in [0.3, 0.4) is 0 Å². The molecule has 0 saturated heterocycles. The van der Waals surface area contributed by atoms with Crippen molar-refractivity contribution in [1.29, 1.82) is 0 Å². The minimum atomic E-state index is 0.182. The van der Waals surface area contributed by atoms with Gasteiger partial charge < -0.3 is 0 Å². The number of nitrogens with one attached hydrogen (secondary N) is 1. The van der Waals surface area contributed by atoms with Crippen LogP contribution in [-0.4, -0.2) is 16.0 Å². The van der Waals surface area contributed by atoms with Gasteiger partial charge in [0.15, 0.2) is 0 Å². The fourth-order valence-corrected chi connectivity index (χ4v) is 2.22. The van der Waals surface area contributed by atoms with E-state index in [1.165, 1.54) is 0 Å². The molecule has 0 radical (unpaired) electrons. The van der Waals surface area contributed by atoms with Gasteiger partial charge in [-0.05, 0) is 12.1 Å². The van der Waals surface area contributed by atoms with Gasteiger partial charge in [0.25, 0.3) is 0 Å². The average Bonchev–Trinajstić information content (AvgIpc) is 2.82. The molecule has 0 fully saturated rings. The SMILES string of the molecule is NNC(Cc1ccccn1)Cc1nccs1. The smallest absolute Gasteiger partial charge is 0.0940 e. The van der Waals surface area contributed by atoms with Gasteiger partial charge in [0, 0.05) is 42.4 Å². The van der Waals surface area contributed by atoms with E-state index in [4.69, 9.17) is 5.84 Å². The molecule has 0 aliphatic carbocycles. The summed E-state index contributed by atoms with van der Waals surface area (Å²) in [4.78, 5) is 8.53. The summed E-state index contributed by atoms with van der Waals surface area (Å²) in [5.74, 6) is 5.54. The van der Waals surface area contributed by atoms with Crippen LogP contribution in [0.25, 0.3) is 0 Å². The van der Waals surface area contributed by atoms with Crippen molar-refractivity contribution in [2.75, 3.05) is 0 Å². The zero-order chi connectivity index (χ0) is 11.2. The molecule has 2 heterocycles. The highest BCUT2D eigenvalue weighted by atomic mass is 32.1. The van der Waals surface area contributed by atoms with Crippen molar-refractivity contribution in [2.45, 2.75) is 18.9 Å². The van der Waals surface area contributed by atoms with Crippen LogP contribution in [0.15, 0.2) is 36.0 Å². The molecule has 2 aromatic heterocycles. The van der Waals surface area contributed by atoms with Gasteiger partial charge in [-0.1, -0.05) is 6.07 Å². The van der Waals surface area contributed by atoms with Crippen molar-refractivity contribution in [3.63, 3.8) is 0 Å². The van der Waals surface area contributed by atoms with Crippen molar-refractivity contribution in [3.8, 4) is 0 Å². The summed E-state index contributed by atoms with van der Waals surface area (Å²) in [7, 11) is 0. The molecule has 3 N–H and O–H groups in total. The number of thiazole rings is 1. The van der Waals surface area contributed by atoms with E-state index in [0.29, 0.717) is 0 Å². The van der Waals surface area contributed by atoms with E-state index in [-0.39, 0.29) is 6.04 Å². The third-order valence-electron chi connectivity index (χ3n) is 2.32. The second-order valence-electron chi connectivity index (χ2n) is 3.52. The van der Waals surface area contributed by atoms with Gasteiger partial charge in [-0.25, -0.2) is 4.98 Å². The summed E-state index contributed by atoms with van der Waals surface area (Å²) in [6.45, 7) is 0. The Balaban J connectivity index is 1.96. The van der Waals surface area contributed by atoms with Gasteiger partial charge in [0.1, 0.15) is 0 Å². The Bertz CT molecular complexity index is 401. The first-order chi connectivity index (χ1) is 7.88. The number of nitrogens with zero attached hydrogens (tertiary/aromatic N) is 2. The van der Waals surface area contributed by atoms with Gasteiger partial charge in [-0.15, -0.1) is 11.3 Å². The highest BCUT2D eigenvalue weighted by Crippen LogP contribution is 2.09. The van der Waals surface area contributed by atoms with Crippen LogP contribution in [0.2, 0.25) is 0 Å². The van der Waals surface area contributed by atoms with Crippen LogP contribution >= 0.6 is 11.3 Å². The van der Waals surface area contributed by atoms with Crippen molar-refractivity contribution in [2.24, 2.45) is 5.84 Å². The zero-order valence-electron chi connectivity index (χ0n) is 8.84. The number of nitrogens with two attached hydrogens (primary N) is 1. The Labute approximate surface area is 98.5 Å². The van der Waals surface area contributed by atoms with Crippen molar-refractivity contribution < 1.29 is 0 Å². The van der Waals surface area contributed by atoms with Gasteiger partial charge in [-0.3, -0.25) is 16.3 Å². The van der Waals surface area contributed by atoms with Crippen molar-refractivity contribution >= 4 is 11.3 Å². The maximum Gasteiger partial charge on any atom is 0.0940 e. The van der Waals surface area contributed by atoms with Crippen molar-refractivity contribution in [1.82, 2.24) is 15.4 Å². The quantitative estimate of drug-likeness (QED) is 0.602. The Morgan fingerprint density at radius 1 is 1.25 bits per heavy atom. The predicted octanol–water partition coefficient (Wildman–Crippen LogP) is 1.16. The first-order valence-corrected chi connectivity index (χ1v) is 6.01. The maximum atomic E-state index is 5.54. The topological polar surface area (TPSA) is 63.8 Å². The molecule has 2 aromatic rings. The zero-order valence-corrected chi connectivity index (χ0v) is 9.65. The second-order valence-corrected chi connectivity index (χ2v) is 4.50. The van der Waals surface area contributed by atoms with Crippen LogP contribution < -0.4 is 11.3 Å². The van der Waals surface area contributed by atoms with Crippen LogP contribution in [0, 0.1) is 0 Å². The average molecular weight is 234 g/mol. The lowest BCUT2D eigenvalue weighted by atomic mass is 10.1. The Morgan fingerprint density at radius 2 is 2.19 bits per heavy atom. The molecule has 2 rings (SSSR count). The van der Waals surface area contributed by atoms with E-state index < -0.39 is 0 Å². The molecule has 1 atom stereocenters. The number of hydrazine groups is 1. The molecular weight excluding hydrogens is 220 g/mol. The lowest BCUT2D eigenvalue weighted by molar-refractivity contribution is 0.516. The lowest BCUT2D eigenvalue weighted by Gasteiger charge is -2.13. The van der Waals surface area contributed by atoms with E-state index in [1.807, 2.05) is 29.8 Å². The monoisotopic (exact) mass is 234 g/mol. The molecule has 5 heteroatoms. The first kappa shape index (κ1) is 11.2. The molecule has 0 saturated carbocycles. The highest BCUT2D eigenvalue weighted by Gasteiger charge is 2.10. The molecule has 0 aliphatic rings. The van der Waals surface area contributed by atoms with Crippen LogP contribution in [-0.2, 0) is 12.8 Å². The van der Waals surface area contributed by atoms with Gasteiger partial charge in [-0.2, -0.15) is 0 Å². The largest absolute Gasteiger partial charge is 0.271 e. The van der Waals surface area contributed by atoms with Crippen LogP contribution in [0.5, 0.6) is 0 Å². The molecule has 0 spiro atoms. The molecule has 4 nitrogen and oxygen atoms in total. The van der Waals surface area contributed by atoms with E-state index in [0.717, 1.165) is 23.5 Å². The third kappa shape index (κ3) is 3.10. The standard InChI is InChI=1S/C11H14N4S/c12-15-10(8-11-14-5-6-16-11)7-9-3-1-2-4-13-9/h1-6,10,15H,7-8,12H2. The Kier molecular flexibility index (Phi) is 3.98. The molecule has 0 amide bonds. The Hall–Kier alpha value is -1.30. The van der Waals surface area contributed by atoms with Gasteiger partial charge >= 0.3 is 0 Å². The third-order valence-corrected chi connectivity index (χ3v) is 3.12. The van der Waals surface area contributed by atoms with E-state index in [2.05, 4.69) is 15.4 Å². The summed E-state index contributed by atoms with van der Waals surface area (Å²) in [5.41, 5.74) is 3.86. The summed E-state index contributed by atoms with van der Waals surface area (Å²) in [6, 6.07) is 6.08. The summed E-state index contributed by atoms with van der Waals surface area (Å²) in [5, 5.41) is 3.07. The lowest BCUT2D eigenvalue weighted by Crippen LogP contribution is -2.38. The minimum absolute atomic E-state index is 0.182. The number of rotatable bonds is 5. The van der Waals surface area contributed by atoms with E-state index in [9.17, 15) is 0 Å². The maximum absolute atomic E-state index is 5.54. The normalized spacial score (nSPS) is 12.6. The number of hydrogen-bond donors (Lipinski definition) is 2. The molecule has 84 valence electrons. The minimum Gasteiger partial charge on any atom is -0.271 e. The summed E-state index contributed by atoms with van der Waals surface area (Å²) >= 11 is 1.65. The molecule has 1 unspecified atom stereocenters. The van der Waals surface area contributed by atoms with Crippen LogP contribution in [0.1, 0.15) is 10.7 Å². The molecule has 16 heavy (non-hydrogen) atoms.